The third-order valence-corrected chi connectivity index (χ3v) is 2.86. The lowest BCUT2D eigenvalue weighted by Gasteiger charge is -1.91. The van der Waals surface area contributed by atoms with Crippen molar-refractivity contribution in [2.45, 2.75) is 13.8 Å². The molecule has 0 amide bonds. The number of hydrogen-bond acceptors (Lipinski definition) is 1. The lowest BCUT2D eigenvalue weighted by atomic mass is 10.2. The third kappa shape index (κ3) is 1.69. The number of halogens is 1. The fourth-order valence-corrected chi connectivity index (χ4v) is 1.21. The summed E-state index contributed by atoms with van der Waals surface area (Å²) in [6.07, 6.45) is 0. The molecule has 0 aromatic heterocycles. The van der Waals surface area contributed by atoms with E-state index in [0.717, 1.165) is 15.6 Å². The molecule has 0 N–H and O–H groups in total. The van der Waals surface area contributed by atoms with Crippen molar-refractivity contribution in [3.05, 3.63) is 44.0 Å². The van der Waals surface area contributed by atoms with Crippen LogP contribution in [-0.4, -0.2) is 0 Å². The Labute approximate surface area is 74.2 Å². The molecule has 1 nitrogen and oxygen atoms in total. The molecule has 11 heavy (non-hydrogen) atoms. The van der Waals surface area contributed by atoms with Gasteiger partial charge in [-0.1, -0.05) is 28.1 Å². The minimum absolute atomic E-state index is 0.0741. The monoisotopic (exact) mass is 212 g/mol. The van der Waals surface area contributed by atoms with E-state index in [2.05, 4.69) is 15.9 Å². The fourth-order valence-electron chi connectivity index (χ4n) is 0.882. The Hall–Kier alpha value is -0.630. The molecular weight excluding hydrogens is 204 g/mol. The van der Waals surface area contributed by atoms with E-state index in [1.165, 1.54) is 0 Å². The van der Waals surface area contributed by atoms with Crippen molar-refractivity contribution >= 4 is 15.9 Å². The maximum atomic E-state index is 11.2. The van der Waals surface area contributed by atoms with E-state index in [1.54, 1.807) is 12.1 Å². The van der Waals surface area contributed by atoms with Crippen LogP contribution in [0.5, 0.6) is 0 Å². The second-order valence-electron chi connectivity index (χ2n) is 2.51. The molecule has 1 rings (SSSR count). The van der Waals surface area contributed by atoms with E-state index < -0.39 is 0 Å². The van der Waals surface area contributed by atoms with Crippen LogP contribution in [0, 0.1) is 13.8 Å². The van der Waals surface area contributed by atoms with Crippen LogP contribution in [0.1, 0.15) is 11.1 Å². The molecule has 0 bridgehead atoms. The van der Waals surface area contributed by atoms with Crippen LogP contribution in [0.2, 0.25) is 0 Å². The van der Waals surface area contributed by atoms with Gasteiger partial charge in [-0.3, -0.25) is 4.79 Å². The molecule has 1 aromatic carbocycles. The predicted molar refractivity (Wildman–Crippen MR) is 49.9 cm³/mol. The van der Waals surface area contributed by atoms with Gasteiger partial charge in [0, 0.05) is 10.0 Å². The highest BCUT2D eigenvalue weighted by Crippen LogP contribution is 2.15. The Morgan fingerprint density at radius 2 is 1.91 bits per heavy atom. The Bertz CT molecular complexity index is 331. The summed E-state index contributed by atoms with van der Waals surface area (Å²) >= 11 is 3.36. The van der Waals surface area contributed by atoms with Crippen molar-refractivity contribution in [3.63, 3.8) is 0 Å². The van der Waals surface area contributed by atoms with E-state index >= 15 is 0 Å². The molecule has 58 valence electrons. The van der Waals surface area contributed by atoms with Crippen LogP contribution in [0.25, 0.3) is 0 Å². The van der Waals surface area contributed by atoms with E-state index in [9.17, 15) is 4.79 Å². The van der Waals surface area contributed by atoms with Crippen molar-refractivity contribution < 1.29 is 0 Å². The second-order valence-corrected chi connectivity index (χ2v) is 3.31. The van der Waals surface area contributed by atoms with Gasteiger partial charge in [-0.15, -0.1) is 0 Å². The average molecular weight is 213 g/mol. The van der Waals surface area contributed by atoms with Crippen LogP contribution in [0.4, 0.5) is 0 Å². The molecule has 0 radical (unpaired) electrons. The summed E-state index contributed by atoms with van der Waals surface area (Å²) in [7, 11) is 0. The van der Waals surface area contributed by atoms with Crippen LogP contribution in [-0.2, 0) is 0 Å². The van der Waals surface area contributed by atoms with Gasteiger partial charge in [0.1, 0.15) is 0 Å². The minimum Gasteiger partial charge on any atom is -0.290 e. The molecule has 0 saturated carbocycles. The first-order valence-corrected chi connectivity index (χ1v) is 4.18. The van der Waals surface area contributed by atoms with E-state index in [-0.39, 0.29) is 5.43 Å². The summed E-state index contributed by atoms with van der Waals surface area (Å²) in [4.78, 5) is 11.2. The van der Waals surface area contributed by atoms with Gasteiger partial charge in [0.15, 0.2) is 5.43 Å². The number of hydrogen-bond donors (Lipinski definition) is 0. The van der Waals surface area contributed by atoms with E-state index in [0.29, 0.717) is 0 Å². The van der Waals surface area contributed by atoms with Gasteiger partial charge in [0.25, 0.3) is 0 Å². The molecule has 0 saturated heterocycles. The first-order chi connectivity index (χ1) is 5.13. The Balaban J connectivity index is 3.62. The second kappa shape index (κ2) is 3.18. The molecule has 0 spiro atoms. The predicted octanol–water partition coefficient (Wildman–Crippen LogP) is 2.43. The largest absolute Gasteiger partial charge is 0.290 e. The summed E-state index contributed by atoms with van der Waals surface area (Å²) in [6, 6.07) is 5.26. The van der Waals surface area contributed by atoms with Gasteiger partial charge in [0.2, 0.25) is 0 Å². The smallest absolute Gasteiger partial charge is 0.182 e. The molecule has 1 aromatic rings. The Morgan fingerprint density at radius 3 is 2.55 bits per heavy atom. The first kappa shape index (κ1) is 8.47. The van der Waals surface area contributed by atoms with Crippen molar-refractivity contribution in [2.75, 3.05) is 0 Å². The molecule has 0 aliphatic rings. The number of aryl methyl sites for hydroxylation is 1. The normalized spacial score (nSPS) is 9.73. The quantitative estimate of drug-likeness (QED) is 0.646. The van der Waals surface area contributed by atoms with Gasteiger partial charge in [-0.2, -0.15) is 0 Å². The standard InChI is InChI=1S/C9H9BrO/c1-6-4-3-5-8(11)7(2)9(6)10/h3-5H,1-2H3. The summed E-state index contributed by atoms with van der Waals surface area (Å²) in [5.41, 5.74) is 1.93. The molecule has 0 fully saturated rings. The Morgan fingerprint density at radius 1 is 1.27 bits per heavy atom. The summed E-state index contributed by atoms with van der Waals surface area (Å²) < 4.78 is 0.910. The zero-order valence-electron chi connectivity index (χ0n) is 6.52. The zero-order valence-corrected chi connectivity index (χ0v) is 8.10. The van der Waals surface area contributed by atoms with Crippen LogP contribution >= 0.6 is 15.9 Å². The van der Waals surface area contributed by atoms with Gasteiger partial charge >= 0.3 is 0 Å². The molecule has 2 heteroatoms. The van der Waals surface area contributed by atoms with Crippen molar-refractivity contribution in [1.82, 2.24) is 0 Å². The summed E-state index contributed by atoms with van der Waals surface area (Å²) in [5, 5.41) is 0. The molecule has 0 heterocycles. The maximum Gasteiger partial charge on any atom is 0.182 e. The lowest BCUT2D eigenvalue weighted by Crippen LogP contribution is -1.98. The molecule has 0 unspecified atom stereocenters. The first-order valence-electron chi connectivity index (χ1n) is 3.39. The maximum absolute atomic E-state index is 11.2. The summed E-state index contributed by atoms with van der Waals surface area (Å²) in [6.45, 7) is 3.79. The van der Waals surface area contributed by atoms with Crippen LogP contribution in [0.3, 0.4) is 0 Å². The highest BCUT2D eigenvalue weighted by molar-refractivity contribution is 9.10. The topological polar surface area (TPSA) is 17.1 Å². The van der Waals surface area contributed by atoms with Gasteiger partial charge < -0.3 is 0 Å². The molecule has 0 aliphatic heterocycles. The zero-order chi connectivity index (χ0) is 8.43. The molecule has 0 aliphatic carbocycles. The van der Waals surface area contributed by atoms with Crippen LogP contribution < -0.4 is 5.43 Å². The Kier molecular flexibility index (Phi) is 2.45. The minimum atomic E-state index is 0.0741. The highest BCUT2D eigenvalue weighted by Gasteiger charge is 1.98. The van der Waals surface area contributed by atoms with Crippen LogP contribution in [0.15, 0.2) is 27.5 Å². The van der Waals surface area contributed by atoms with Gasteiger partial charge in [-0.25, -0.2) is 0 Å². The van der Waals surface area contributed by atoms with Crippen molar-refractivity contribution in [3.8, 4) is 0 Å². The lowest BCUT2D eigenvalue weighted by molar-refractivity contribution is 1.35. The fraction of sp³-hybridized carbons (Fsp3) is 0.222. The highest BCUT2D eigenvalue weighted by atomic mass is 79.9. The van der Waals surface area contributed by atoms with Gasteiger partial charge in [0.05, 0.1) is 0 Å². The van der Waals surface area contributed by atoms with Crippen molar-refractivity contribution in [1.29, 1.82) is 0 Å². The summed E-state index contributed by atoms with van der Waals surface area (Å²) in [5.74, 6) is 0. The molecular formula is C9H9BrO. The SMILES string of the molecule is Cc1cccc(=O)c(C)c1Br. The van der Waals surface area contributed by atoms with Gasteiger partial charge in [-0.05, 0) is 25.5 Å². The van der Waals surface area contributed by atoms with Crippen molar-refractivity contribution in [2.24, 2.45) is 0 Å². The third-order valence-electron chi connectivity index (χ3n) is 1.64. The number of rotatable bonds is 0. The molecule has 0 atom stereocenters. The average Bonchev–Trinajstić information content (AvgIpc) is 2.07. The van der Waals surface area contributed by atoms with E-state index in [4.69, 9.17) is 0 Å². The van der Waals surface area contributed by atoms with E-state index in [1.807, 2.05) is 19.9 Å².